The summed E-state index contributed by atoms with van der Waals surface area (Å²) in [5, 5.41) is 8.12. The lowest BCUT2D eigenvalue weighted by Crippen LogP contribution is -2.28. The maximum atomic E-state index is 14.4. The van der Waals surface area contributed by atoms with Gasteiger partial charge in [-0.05, 0) is 48.6 Å². The van der Waals surface area contributed by atoms with Crippen LogP contribution in [0, 0.1) is 11.7 Å². The highest BCUT2D eigenvalue weighted by Gasteiger charge is 2.25. The van der Waals surface area contributed by atoms with Crippen LogP contribution in [0.3, 0.4) is 0 Å². The van der Waals surface area contributed by atoms with Gasteiger partial charge in [0.05, 0.1) is 0 Å². The minimum atomic E-state index is -0.400. The molecule has 2 heterocycles. The molecule has 1 amide bonds. The van der Waals surface area contributed by atoms with E-state index in [2.05, 4.69) is 29.2 Å². The van der Waals surface area contributed by atoms with Crippen molar-refractivity contribution in [2.75, 3.05) is 5.32 Å². The molecule has 5 nitrogen and oxygen atoms in total. The van der Waals surface area contributed by atoms with Crippen molar-refractivity contribution in [1.82, 2.24) is 14.8 Å². The Labute approximate surface area is 151 Å². The topological polar surface area (TPSA) is 59.8 Å². The molecule has 0 radical (unpaired) electrons. The van der Waals surface area contributed by atoms with Gasteiger partial charge in [0, 0.05) is 29.4 Å². The molecule has 0 spiro atoms. The van der Waals surface area contributed by atoms with Crippen LogP contribution in [-0.2, 0) is 4.79 Å². The van der Waals surface area contributed by atoms with E-state index in [1.165, 1.54) is 10.7 Å². The molecule has 4 rings (SSSR count). The third kappa shape index (κ3) is 3.07. The molecule has 1 N–H and O–H groups in total. The number of benzene rings is 1. The average molecular weight is 352 g/mol. The molecule has 1 saturated carbocycles. The first-order chi connectivity index (χ1) is 12.5. The normalized spacial score (nSPS) is 14.6. The predicted molar refractivity (Wildman–Crippen MR) is 98.9 cm³/mol. The van der Waals surface area contributed by atoms with E-state index in [-0.39, 0.29) is 11.8 Å². The summed E-state index contributed by atoms with van der Waals surface area (Å²) in [6.45, 7) is 4.20. The summed E-state index contributed by atoms with van der Waals surface area (Å²) in [5.41, 5.74) is 2.55. The van der Waals surface area contributed by atoms with Gasteiger partial charge in [0.2, 0.25) is 5.91 Å². The number of nitrogens with zero attached hydrogens (tertiary/aromatic N) is 3. The Kier molecular flexibility index (Phi) is 4.18. The second-order valence-electron chi connectivity index (χ2n) is 7.19. The maximum Gasteiger partial charge on any atom is 0.227 e. The maximum absolute atomic E-state index is 14.4. The van der Waals surface area contributed by atoms with Crippen molar-refractivity contribution in [3.63, 3.8) is 0 Å². The largest absolute Gasteiger partial charge is 0.326 e. The lowest BCUT2D eigenvalue weighted by molar-refractivity contribution is -0.122. The van der Waals surface area contributed by atoms with E-state index < -0.39 is 5.82 Å². The molecule has 1 aromatic carbocycles. The van der Waals surface area contributed by atoms with E-state index in [9.17, 15) is 9.18 Å². The Morgan fingerprint density at radius 3 is 2.81 bits per heavy atom. The van der Waals surface area contributed by atoms with Gasteiger partial charge in [0.15, 0.2) is 5.65 Å². The fraction of sp³-hybridized carbons (Fsp3) is 0.350. The van der Waals surface area contributed by atoms with E-state index in [1.807, 2.05) is 6.07 Å². The number of anilines is 1. The average Bonchev–Trinajstić information content (AvgIpc) is 2.97. The van der Waals surface area contributed by atoms with E-state index >= 15 is 0 Å². The Hall–Kier alpha value is -2.76. The van der Waals surface area contributed by atoms with Gasteiger partial charge in [-0.1, -0.05) is 20.3 Å². The summed E-state index contributed by atoms with van der Waals surface area (Å²) in [6, 6.07) is 6.57. The van der Waals surface area contributed by atoms with Gasteiger partial charge in [-0.3, -0.25) is 4.79 Å². The number of fused-ring (bicyclic) bond motifs is 1. The molecule has 0 saturated heterocycles. The van der Waals surface area contributed by atoms with E-state index in [4.69, 9.17) is 0 Å². The third-order valence-corrected chi connectivity index (χ3v) is 4.98. The molecule has 26 heavy (non-hydrogen) atoms. The van der Waals surface area contributed by atoms with Gasteiger partial charge in [-0.25, -0.2) is 14.1 Å². The van der Waals surface area contributed by atoms with E-state index in [0.29, 0.717) is 22.9 Å². The molecule has 1 fully saturated rings. The molecule has 1 aliphatic rings. The highest BCUT2D eigenvalue weighted by atomic mass is 19.1. The molecular weight excluding hydrogens is 331 g/mol. The number of pyridine rings is 1. The molecule has 0 unspecified atom stereocenters. The van der Waals surface area contributed by atoms with Crippen LogP contribution in [0.4, 0.5) is 10.1 Å². The zero-order chi connectivity index (χ0) is 18.3. The van der Waals surface area contributed by atoms with Gasteiger partial charge >= 0.3 is 0 Å². The summed E-state index contributed by atoms with van der Waals surface area (Å²) in [6.07, 6.45) is 6.51. The fourth-order valence-electron chi connectivity index (χ4n) is 3.05. The molecule has 2 aromatic heterocycles. The minimum Gasteiger partial charge on any atom is -0.326 e. The number of carbonyl (C=O) groups is 1. The Morgan fingerprint density at radius 1 is 1.31 bits per heavy atom. The molecule has 1 aliphatic carbocycles. The Balaban J connectivity index is 1.66. The van der Waals surface area contributed by atoms with Crippen LogP contribution in [0.2, 0.25) is 0 Å². The highest BCUT2D eigenvalue weighted by Crippen LogP contribution is 2.28. The lowest BCUT2D eigenvalue weighted by atomic mass is 9.85. The molecule has 3 aromatic rings. The van der Waals surface area contributed by atoms with Crippen molar-refractivity contribution in [3.8, 4) is 5.69 Å². The summed E-state index contributed by atoms with van der Waals surface area (Å²) >= 11 is 0. The Morgan fingerprint density at radius 2 is 2.12 bits per heavy atom. The molecular formula is C20H21FN4O. The van der Waals surface area contributed by atoms with Crippen LogP contribution >= 0.6 is 0 Å². The standard InChI is InChI=1S/C20H21FN4O/c1-12(2)14-8-15-11-25(24-19(15)22-10-14)18-9-16(6-7-17(18)21)23-20(26)13-4-3-5-13/h6-13H,3-5H2,1-2H3,(H,23,26). The Bertz CT molecular complexity index is 975. The molecule has 134 valence electrons. The fourth-order valence-corrected chi connectivity index (χ4v) is 3.05. The van der Waals surface area contributed by atoms with Gasteiger partial charge in [-0.2, -0.15) is 0 Å². The number of nitrogens with one attached hydrogen (secondary N) is 1. The van der Waals surface area contributed by atoms with Crippen LogP contribution in [0.15, 0.2) is 36.7 Å². The molecule has 6 heteroatoms. The lowest BCUT2D eigenvalue weighted by Gasteiger charge is -2.24. The second-order valence-corrected chi connectivity index (χ2v) is 7.19. The van der Waals surface area contributed by atoms with Crippen molar-refractivity contribution >= 4 is 22.6 Å². The van der Waals surface area contributed by atoms with Crippen LogP contribution in [0.25, 0.3) is 16.7 Å². The van der Waals surface area contributed by atoms with Gasteiger partial charge < -0.3 is 5.32 Å². The number of carbonyl (C=O) groups excluding carboxylic acids is 1. The van der Waals surface area contributed by atoms with Gasteiger partial charge in [0.25, 0.3) is 0 Å². The van der Waals surface area contributed by atoms with Gasteiger partial charge in [-0.15, -0.1) is 5.10 Å². The summed E-state index contributed by atoms with van der Waals surface area (Å²) in [5.74, 6) is 0.0395. The van der Waals surface area contributed by atoms with Crippen LogP contribution < -0.4 is 5.32 Å². The quantitative estimate of drug-likeness (QED) is 0.756. The SMILES string of the molecule is CC(C)c1cnc2nn(-c3cc(NC(=O)C4CCC4)ccc3F)cc2c1. The first-order valence-electron chi connectivity index (χ1n) is 8.97. The third-order valence-electron chi connectivity index (χ3n) is 4.98. The van der Waals surface area contributed by atoms with E-state index in [1.54, 1.807) is 24.5 Å². The van der Waals surface area contributed by atoms with Crippen molar-refractivity contribution in [3.05, 3.63) is 48.0 Å². The molecule has 0 aliphatic heterocycles. The van der Waals surface area contributed by atoms with E-state index in [0.717, 1.165) is 30.2 Å². The summed E-state index contributed by atoms with van der Waals surface area (Å²) < 4.78 is 15.9. The zero-order valence-corrected chi connectivity index (χ0v) is 14.9. The first kappa shape index (κ1) is 16.7. The number of rotatable bonds is 4. The zero-order valence-electron chi connectivity index (χ0n) is 14.9. The van der Waals surface area contributed by atoms with Crippen molar-refractivity contribution < 1.29 is 9.18 Å². The van der Waals surface area contributed by atoms with Crippen LogP contribution in [0.5, 0.6) is 0 Å². The first-order valence-corrected chi connectivity index (χ1v) is 8.97. The highest BCUT2D eigenvalue weighted by molar-refractivity contribution is 5.93. The number of halogens is 1. The minimum absolute atomic E-state index is 0.00248. The monoisotopic (exact) mass is 352 g/mol. The van der Waals surface area contributed by atoms with Crippen molar-refractivity contribution in [2.24, 2.45) is 5.92 Å². The summed E-state index contributed by atoms with van der Waals surface area (Å²) in [7, 11) is 0. The van der Waals surface area contributed by atoms with Gasteiger partial charge in [0.1, 0.15) is 11.5 Å². The van der Waals surface area contributed by atoms with Crippen molar-refractivity contribution in [1.29, 1.82) is 0 Å². The predicted octanol–water partition coefficient (Wildman–Crippen LogP) is 4.42. The smallest absolute Gasteiger partial charge is 0.227 e. The number of amides is 1. The summed E-state index contributed by atoms with van der Waals surface area (Å²) in [4.78, 5) is 16.5. The van der Waals surface area contributed by atoms with Crippen LogP contribution in [0.1, 0.15) is 44.6 Å². The number of aromatic nitrogens is 3. The molecule has 0 bridgehead atoms. The van der Waals surface area contributed by atoms with Crippen molar-refractivity contribution in [2.45, 2.75) is 39.0 Å². The second kappa shape index (κ2) is 6.52. The number of hydrogen-bond donors (Lipinski definition) is 1. The molecule has 0 atom stereocenters. The van der Waals surface area contributed by atoms with Crippen LogP contribution in [-0.4, -0.2) is 20.7 Å². The number of hydrogen-bond acceptors (Lipinski definition) is 3.